The topological polar surface area (TPSA) is 79.3 Å². The molecule has 0 saturated heterocycles. The molecule has 0 aromatic rings. The van der Waals surface area contributed by atoms with Crippen LogP contribution in [0.2, 0.25) is 0 Å². The second-order valence-corrected chi connectivity index (χ2v) is 14.8. The molecule has 0 bridgehead atoms. The van der Waals surface area contributed by atoms with Gasteiger partial charge in [-0.15, -0.1) is 0 Å². The number of esters is 2. The summed E-state index contributed by atoms with van der Waals surface area (Å²) in [5.41, 5.74) is 0. The normalized spacial score (nSPS) is 14.0. The molecule has 7 heteroatoms. The summed E-state index contributed by atoms with van der Waals surface area (Å²) >= 11 is 0. The van der Waals surface area contributed by atoms with E-state index in [0.29, 0.717) is 38.0 Å². The van der Waals surface area contributed by atoms with Crippen LogP contribution < -0.4 is 0 Å². The van der Waals surface area contributed by atoms with Gasteiger partial charge in [0.05, 0.1) is 20.3 Å². The average molecular weight is 681 g/mol. The fourth-order valence-corrected chi connectivity index (χ4v) is 7.34. The predicted octanol–water partition coefficient (Wildman–Crippen LogP) is 9.87. The highest BCUT2D eigenvalue weighted by Crippen LogP contribution is 2.24. The molecule has 1 N–H and O–H groups in total. The Balaban J connectivity index is 2.37. The van der Waals surface area contributed by atoms with E-state index in [-0.39, 0.29) is 18.5 Å². The van der Waals surface area contributed by atoms with Gasteiger partial charge < -0.3 is 14.6 Å². The lowest BCUT2D eigenvalue weighted by Crippen LogP contribution is -2.43. The molecule has 1 rings (SSSR count). The molecule has 0 aliphatic heterocycles. The SMILES string of the molecule is CCCCCCCCC(CCCCCCCC)COC(=O)CCCCCN(CCO)CCN(CCCCCC(=O)OC)C1CCCCC1. The Labute approximate surface area is 297 Å². The van der Waals surface area contributed by atoms with Crippen LogP contribution in [-0.4, -0.2) is 85.9 Å². The molecule has 0 spiro atoms. The molecule has 0 amide bonds. The van der Waals surface area contributed by atoms with Crippen molar-refractivity contribution in [1.82, 2.24) is 9.80 Å². The second kappa shape index (κ2) is 33.0. The van der Waals surface area contributed by atoms with Crippen LogP contribution in [0.1, 0.15) is 187 Å². The van der Waals surface area contributed by atoms with E-state index in [1.165, 1.54) is 129 Å². The van der Waals surface area contributed by atoms with Crippen LogP contribution >= 0.6 is 0 Å². The zero-order valence-electron chi connectivity index (χ0n) is 32.2. The summed E-state index contributed by atoms with van der Waals surface area (Å²) in [7, 11) is 1.46. The van der Waals surface area contributed by atoms with Gasteiger partial charge in [0.15, 0.2) is 0 Å². The first-order chi connectivity index (χ1) is 23.5. The van der Waals surface area contributed by atoms with E-state index in [0.717, 1.165) is 64.7 Å². The van der Waals surface area contributed by atoms with Crippen molar-refractivity contribution in [2.75, 3.05) is 53.0 Å². The van der Waals surface area contributed by atoms with Crippen LogP contribution in [0, 0.1) is 5.92 Å². The number of aliphatic hydroxyl groups is 1. The molecule has 1 aliphatic carbocycles. The van der Waals surface area contributed by atoms with E-state index in [9.17, 15) is 14.7 Å². The van der Waals surface area contributed by atoms with Crippen molar-refractivity contribution in [3.63, 3.8) is 0 Å². The van der Waals surface area contributed by atoms with E-state index in [4.69, 9.17) is 9.47 Å². The molecule has 1 fully saturated rings. The minimum absolute atomic E-state index is 0.0205. The molecule has 284 valence electrons. The maximum atomic E-state index is 12.7. The van der Waals surface area contributed by atoms with E-state index in [2.05, 4.69) is 23.6 Å². The summed E-state index contributed by atoms with van der Waals surface area (Å²) < 4.78 is 10.6. The number of nitrogens with zero attached hydrogens (tertiary/aromatic N) is 2. The summed E-state index contributed by atoms with van der Waals surface area (Å²) in [5.74, 6) is 0.390. The molecule has 0 aromatic heterocycles. The fraction of sp³-hybridized carbons (Fsp3) is 0.951. The van der Waals surface area contributed by atoms with E-state index in [1.54, 1.807) is 0 Å². The van der Waals surface area contributed by atoms with E-state index < -0.39 is 0 Å². The molecular formula is C41H80N2O5. The van der Waals surface area contributed by atoms with Crippen molar-refractivity contribution in [1.29, 1.82) is 0 Å². The molecule has 48 heavy (non-hydrogen) atoms. The third kappa shape index (κ3) is 25.7. The molecule has 7 nitrogen and oxygen atoms in total. The minimum atomic E-state index is -0.109. The summed E-state index contributed by atoms with van der Waals surface area (Å²) in [6, 6.07) is 0.664. The standard InChI is InChI=1S/C41H80N2O5/c1-4-6-8-10-12-17-25-38(26-18-13-11-9-7-5-2)37-48-41(46)30-22-15-23-31-42(35-36-44)33-34-43(39-27-19-14-20-28-39)32-24-16-21-29-40(45)47-3/h38-39,44H,4-37H2,1-3H3. The highest BCUT2D eigenvalue weighted by Gasteiger charge is 2.21. The molecular weight excluding hydrogens is 600 g/mol. The maximum absolute atomic E-state index is 12.7. The Kier molecular flexibility index (Phi) is 30.8. The van der Waals surface area contributed by atoms with Crippen LogP contribution in [-0.2, 0) is 19.1 Å². The number of methoxy groups -OCH3 is 1. The smallest absolute Gasteiger partial charge is 0.305 e. The van der Waals surface area contributed by atoms with Crippen molar-refractivity contribution >= 4 is 11.9 Å². The summed E-state index contributed by atoms with van der Waals surface area (Å²) in [4.78, 5) is 29.2. The number of carbonyl (C=O) groups excluding carboxylic acids is 2. The number of ether oxygens (including phenoxy) is 2. The van der Waals surface area contributed by atoms with Gasteiger partial charge in [0.2, 0.25) is 0 Å². The molecule has 0 atom stereocenters. The quantitative estimate of drug-likeness (QED) is 0.0535. The Bertz CT molecular complexity index is 714. The molecule has 0 radical (unpaired) electrons. The number of unbranched alkanes of at least 4 members (excludes halogenated alkanes) is 14. The lowest BCUT2D eigenvalue weighted by Gasteiger charge is -2.36. The Morgan fingerprint density at radius 3 is 1.75 bits per heavy atom. The monoisotopic (exact) mass is 681 g/mol. The van der Waals surface area contributed by atoms with Crippen molar-refractivity contribution < 1.29 is 24.2 Å². The summed E-state index contributed by atoms with van der Waals surface area (Å²) in [6.07, 6.45) is 31.8. The maximum Gasteiger partial charge on any atom is 0.305 e. The Morgan fingerprint density at radius 1 is 0.625 bits per heavy atom. The lowest BCUT2D eigenvalue weighted by atomic mass is 9.94. The first-order valence-electron chi connectivity index (χ1n) is 20.8. The number of aliphatic hydroxyl groups excluding tert-OH is 1. The first kappa shape index (κ1) is 44.8. The van der Waals surface area contributed by atoms with E-state index in [1.807, 2.05) is 0 Å². The highest BCUT2D eigenvalue weighted by molar-refractivity contribution is 5.69. The van der Waals surface area contributed by atoms with Gasteiger partial charge >= 0.3 is 11.9 Å². The predicted molar refractivity (Wildman–Crippen MR) is 201 cm³/mol. The van der Waals surface area contributed by atoms with Crippen molar-refractivity contribution in [2.45, 2.75) is 193 Å². The van der Waals surface area contributed by atoms with Gasteiger partial charge in [-0.2, -0.15) is 0 Å². The summed E-state index contributed by atoms with van der Waals surface area (Å²) in [5, 5.41) is 9.75. The van der Waals surface area contributed by atoms with Crippen LogP contribution in [0.4, 0.5) is 0 Å². The minimum Gasteiger partial charge on any atom is -0.469 e. The van der Waals surface area contributed by atoms with Crippen LogP contribution in [0.5, 0.6) is 0 Å². The zero-order valence-corrected chi connectivity index (χ0v) is 32.2. The average Bonchev–Trinajstić information content (AvgIpc) is 3.10. The van der Waals surface area contributed by atoms with Gasteiger partial charge in [0.1, 0.15) is 0 Å². The summed E-state index contributed by atoms with van der Waals surface area (Å²) in [6.45, 7) is 10.1. The van der Waals surface area contributed by atoms with Crippen molar-refractivity contribution in [3.8, 4) is 0 Å². The van der Waals surface area contributed by atoms with Gasteiger partial charge in [-0.1, -0.05) is 123 Å². The Hall–Kier alpha value is -1.18. The zero-order chi connectivity index (χ0) is 34.9. The third-order valence-corrected chi connectivity index (χ3v) is 10.5. The second-order valence-electron chi connectivity index (χ2n) is 14.8. The fourth-order valence-electron chi connectivity index (χ4n) is 7.34. The van der Waals surface area contributed by atoms with Gasteiger partial charge in [-0.3, -0.25) is 19.4 Å². The number of carbonyl (C=O) groups is 2. The van der Waals surface area contributed by atoms with E-state index >= 15 is 0 Å². The highest BCUT2D eigenvalue weighted by atomic mass is 16.5. The largest absolute Gasteiger partial charge is 0.469 e. The molecule has 0 aromatic carbocycles. The lowest BCUT2D eigenvalue weighted by molar-refractivity contribution is -0.145. The Morgan fingerprint density at radius 2 is 1.17 bits per heavy atom. The van der Waals surface area contributed by atoms with Gasteiger partial charge in [-0.05, 0) is 70.4 Å². The van der Waals surface area contributed by atoms with Crippen molar-refractivity contribution in [2.24, 2.45) is 5.92 Å². The molecule has 0 unspecified atom stereocenters. The molecule has 1 saturated carbocycles. The van der Waals surface area contributed by atoms with Crippen LogP contribution in [0.15, 0.2) is 0 Å². The third-order valence-electron chi connectivity index (χ3n) is 10.5. The number of hydrogen-bond acceptors (Lipinski definition) is 7. The number of hydrogen-bond donors (Lipinski definition) is 1. The van der Waals surface area contributed by atoms with Gasteiger partial charge in [0.25, 0.3) is 0 Å². The number of rotatable bonds is 34. The van der Waals surface area contributed by atoms with Gasteiger partial charge in [0, 0.05) is 38.5 Å². The van der Waals surface area contributed by atoms with Crippen LogP contribution in [0.25, 0.3) is 0 Å². The first-order valence-corrected chi connectivity index (χ1v) is 20.8. The molecule has 0 heterocycles. The van der Waals surface area contributed by atoms with Crippen molar-refractivity contribution in [3.05, 3.63) is 0 Å². The van der Waals surface area contributed by atoms with Gasteiger partial charge in [-0.25, -0.2) is 0 Å². The molecule has 1 aliphatic rings. The van der Waals surface area contributed by atoms with Crippen LogP contribution in [0.3, 0.4) is 0 Å².